The number of nitrogens with zero attached hydrogens (tertiary/aromatic N) is 1. The van der Waals surface area contributed by atoms with Crippen LogP contribution in [0.1, 0.15) is 24.8 Å². The van der Waals surface area contributed by atoms with Gasteiger partial charge in [-0.3, -0.25) is 5.10 Å². The normalized spacial score (nSPS) is 13.2. The Morgan fingerprint density at radius 1 is 1.23 bits per heavy atom. The molecule has 3 aromatic heterocycles. The second-order valence-electron chi connectivity index (χ2n) is 5.55. The van der Waals surface area contributed by atoms with Crippen molar-refractivity contribution in [3.8, 4) is 11.4 Å². The number of nitrogens with one attached hydrogen (secondary N) is 2. The highest BCUT2D eigenvalue weighted by atomic mass is 32.1. The predicted molar refractivity (Wildman–Crippen MR) is 91.4 cm³/mol. The number of aliphatic hydroxyl groups is 1. The number of rotatable bonds is 4. The van der Waals surface area contributed by atoms with Crippen LogP contribution in [0.4, 0.5) is 0 Å². The standard InChI is InChI=1S/C17H17N3OS/c1-2-10(9-21)11-3-4-12-8-15(18-14(12)7-11)16-17-13(19-20-16)5-6-22-17/h3-8,10,18,21H,2,9H2,1H3,(H,19,20). The highest BCUT2D eigenvalue weighted by Crippen LogP contribution is 2.32. The average molecular weight is 311 g/mol. The smallest absolute Gasteiger partial charge is 0.126 e. The summed E-state index contributed by atoms with van der Waals surface area (Å²) >= 11 is 1.69. The Bertz CT molecular complexity index is 930. The summed E-state index contributed by atoms with van der Waals surface area (Å²) in [5.41, 5.74) is 5.34. The van der Waals surface area contributed by atoms with Gasteiger partial charge in [-0.25, -0.2) is 0 Å². The summed E-state index contributed by atoms with van der Waals surface area (Å²) in [6, 6.07) is 10.5. The zero-order chi connectivity index (χ0) is 15.1. The minimum Gasteiger partial charge on any atom is -0.396 e. The van der Waals surface area contributed by atoms with Crippen LogP contribution in [0, 0.1) is 0 Å². The van der Waals surface area contributed by atoms with Crippen LogP contribution >= 0.6 is 11.3 Å². The second-order valence-corrected chi connectivity index (χ2v) is 6.47. The summed E-state index contributed by atoms with van der Waals surface area (Å²) in [6.45, 7) is 2.28. The number of aromatic amines is 2. The molecule has 0 aliphatic heterocycles. The first-order valence-electron chi connectivity index (χ1n) is 7.45. The summed E-state index contributed by atoms with van der Waals surface area (Å²) in [5, 5.41) is 20.2. The molecule has 0 amide bonds. The van der Waals surface area contributed by atoms with Crippen molar-refractivity contribution in [1.29, 1.82) is 0 Å². The molecule has 0 fully saturated rings. The van der Waals surface area contributed by atoms with E-state index in [0.29, 0.717) is 0 Å². The van der Waals surface area contributed by atoms with E-state index in [1.807, 2.05) is 6.07 Å². The zero-order valence-electron chi connectivity index (χ0n) is 12.3. The van der Waals surface area contributed by atoms with Gasteiger partial charge in [-0.2, -0.15) is 5.10 Å². The van der Waals surface area contributed by atoms with Crippen molar-refractivity contribution in [2.75, 3.05) is 6.61 Å². The first kappa shape index (κ1) is 13.5. The van der Waals surface area contributed by atoms with E-state index in [1.165, 1.54) is 15.6 Å². The number of aliphatic hydroxyl groups excluding tert-OH is 1. The van der Waals surface area contributed by atoms with E-state index in [9.17, 15) is 5.11 Å². The molecular formula is C17H17N3OS. The van der Waals surface area contributed by atoms with Crippen LogP contribution in [-0.2, 0) is 0 Å². The topological polar surface area (TPSA) is 64.7 Å². The van der Waals surface area contributed by atoms with E-state index in [2.05, 4.69) is 51.8 Å². The molecule has 4 nitrogen and oxygen atoms in total. The molecule has 0 aliphatic carbocycles. The van der Waals surface area contributed by atoms with Gasteiger partial charge in [0.05, 0.1) is 15.9 Å². The molecule has 4 aromatic rings. The van der Waals surface area contributed by atoms with E-state index in [-0.39, 0.29) is 12.5 Å². The van der Waals surface area contributed by atoms with E-state index in [4.69, 9.17) is 0 Å². The Morgan fingerprint density at radius 2 is 2.14 bits per heavy atom. The largest absolute Gasteiger partial charge is 0.396 e. The van der Waals surface area contributed by atoms with E-state index < -0.39 is 0 Å². The fourth-order valence-corrected chi connectivity index (χ4v) is 3.77. The number of hydrogen-bond acceptors (Lipinski definition) is 3. The van der Waals surface area contributed by atoms with Gasteiger partial charge in [0.25, 0.3) is 0 Å². The molecule has 0 radical (unpaired) electrons. The Morgan fingerprint density at radius 3 is 2.95 bits per heavy atom. The summed E-state index contributed by atoms with van der Waals surface area (Å²) in [7, 11) is 0. The first-order chi connectivity index (χ1) is 10.8. The van der Waals surface area contributed by atoms with Gasteiger partial charge in [0.1, 0.15) is 5.69 Å². The quantitative estimate of drug-likeness (QED) is 0.527. The lowest BCUT2D eigenvalue weighted by Gasteiger charge is -2.11. The molecule has 22 heavy (non-hydrogen) atoms. The molecule has 0 saturated heterocycles. The molecule has 1 atom stereocenters. The van der Waals surface area contributed by atoms with Crippen LogP contribution in [0.3, 0.4) is 0 Å². The molecule has 1 aromatic carbocycles. The molecule has 112 valence electrons. The average Bonchev–Trinajstić information content (AvgIpc) is 3.22. The predicted octanol–water partition coefficient (Wildman–Crippen LogP) is 4.26. The third-order valence-corrected chi connectivity index (χ3v) is 5.18. The SMILES string of the molecule is CCC(CO)c1ccc2cc(-c3n[nH]c4ccsc34)[nH]c2c1. The summed E-state index contributed by atoms with van der Waals surface area (Å²) in [5.74, 6) is 0.200. The molecule has 3 N–H and O–H groups in total. The van der Waals surface area contributed by atoms with Crippen LogP contribution < -0.4 is 0 Å². The molecule has 4 rings (SSSR count). The summed E-state index contributed by atoms with van der Waals surface area (Å²) in [4.78, 5) is 3.47. The maximum atomic E-state index is 9.48. The van der Waals surface area contributed by atoms with Crippen molar-refractivity contribution >= 4 is 32.5 Å². The maximum absolute atomic E-state index is 9.48. The van der Waals surface area contributed by atoms with Gasteiger partial charge >= 0.3 is 0 Å². The Kier molecular flexibility index (Phi) is 3.24. The number of H-pyrrole nitrogens is 2. The van der Waals surface area contributed by atoms with Crippen LogP contribution in [0.25, 0.3) is 32.5 Å². The van der Waals surface area contributed by atoms with Crippen molar-refractivity contribution in [2.45, 2.75) is 19.3 Å². The van der Waals surface area contributed by atoms with Gasteiger partial charge < -0.3 is 10.1 Å². The van der Waals surface area contributed by atoms with Gasteiger partial charge in [0.15, 0.2) is 0 Å². The number of thiophene rings is 1. The van der Waals surface area contributed by atoms with Crippen LogP contribution in [0.2, 0.25) is 0 Å². The lowest BCUT2D eigenvalue weighted by molar-refractivity contribution is 0.262. The molecule has 3 heterocycles. The molecule has 1 unspecified atom stereocenters. The third kappa shape index (κ3) is 2.05. The van der Waals surface area contributed by atoms with Crippen molar-refractivity contribution in [3.05, 3.63) is 41.3 Å². The monoisotopic (exact) mass is 311 g/mol. The van der Waals surface area contributed by atoms with Gasteiger partial charge in [-0.1, -0.05) is 19.1 Å². The highest BCUT2D eigenvalue weighted by Gasteiger charge is 2.13. The molecule has 5 heteroatoms. The summed E-state index contributed by atoms with van der Waals surface area (Å²) < 4.78 is 1.17. The fraction of sp³-hybridized carbons (Fsp3) is 0.235. The molecule has 0 spiro atoms. The first-order valence-corrected chi connectivity index (χ1v) is 8.33. The number of hydrogen-bond donors (Lipinski definition) is 3. The summed E-state index contributed by atoms with van der Waals surface area (Å²) in [6.07, 6.45) is 0.935. The lowest BCUT2D eigenvalue weighted by Crippen LogP contribution is -2.02. The van der Waals surface area contributed by atoms with Crippen LogP contribution in [0.5, 0.6) is 0 Å². The van der Waals surface area contributed by atoms with Crippen molar-refractivity contribution < 1.29 is 5.11 Å². The van der Waals surface area contributed by atoms with E-state index in [1.54, 1.807) is 11.3 Å². The number of fused-ring (bicyclic) bond motifs is 2. The van der Waals surface area contributed by atoms with Gasteiger partial charge in [-0.15, -0.1) is 11.3 Å². The minimum atomic E-state index is 0.185. The van der Waals surface area contributed by atoms with E-state index in [0.717, 1.165) is 28.8 Å². The number of benzene rings is 1. The van der Waals surface area contributed by atoms with Crippen molar-refractivity contribution in [3.63, 3.8) is 0 Å². The third-order valence-electron chi connectivity index (χ3n) is 4.25. The zero-order valence-corrected chi connectivity index (χ0v) is 13.1. The molecule has 0 aliphatic rings. The highest BCUT2D eigenvalue weighted by molar-refractivity contribution is 7.17. The van der Waals surface area contributed by atoms with Crippen molar-refractivity contribution in [2.24, 2.45) is 0 Å². The Balaban J connectivity index is 1.82. The fourth-order valence-electron chi connectivity index (χ4n) is 2.93. The lowest BCUT2D eigenvalue weighted by atomic mass is 9.97. The number of aromatic nitrogens is 3. The second kappa shape index (κ2) is 5.26. The minimum absolute atomic E-state index is 0.185. The van der Waals surface area contributed by atoms with Crippen LogP contribution in [-0.4, -0.2) is 26.9 Å². The van der Waals surface area contributed by atoms with E-state index >= 15 is 0 Å². The Hall–Kier alpha value is -2.11. The molecule has 0 bridgehead atoms. The maximum Gasteiger partial charge on any atom is 0.126 e. The van der Waals surface area contributed by atoms with Crippen molar-refractivity contribution in [1.82, 2.24) is 15.2 Å². The molecular weight excluding hydrogens is 294 g/mol. The Labute approximate surface area is 131 Å². The van der Waals surface area contributed by atoms with Gasteiger partial charge in [0.2, 0.25) is 0 Å². The van der Waals surface area contributed by atoms with Gasteiger partial charge in [0, 0.05) is 23.4 Å². The molecule has 0 saturated carbocycles. The van der Waals surface area contributed by atoms with Gasteiger partial charge in [-0.05, 0) is 35.6 Å². The van der Waals surface area contributed by atoms with Crippen LogP contribution in [0.15, 0.2) is 35.7 Å².